The number of fused-ring (bicyclic) bond motifs is 1. The molecule has 4 rings (SSSR count). The van der Waals surface area contributed by atoms with Gasteiger partial charge >= 0.3 is 6.09 Å². The third kappa shape index (κ3) is 3.43. The molecule has 0 spiro atoms. The molecule has 2 aliphatic heterocycles. The topological polar surface area (TPSA) is 89.7 Å². The summed E-state index contributed by atoms with van der Waals surface area (Å²) in [5.74, 6) is 0.619. The van der Waals surface area contributed by atoms with Crippen LogP contribution in [0.3, 0.4) is 0 Å². The van der Waals surface area contributed by atoms with E-state index >= 15 is 0 Å². The van der Waals surface area contributed by atoms with E-state index in [2.05, 4.69) is 17.0 Å². The molecule has 2 aromatic rings. The third-order valence-electron chi connectivity index (χ3n) is 5.53. The molecule has 4 heterocycles. The van der Waals surface area contributed by atoms with Crippen LogP contribution in [0.25, 0.3) is 11.0 Å². The van der Waals surface area contributed by atoms with Gasteiger partial charge in [-0.25, -0.2) is 14.5 Å². The number of amides is 1. The lowest BCUT2D eigenvalue weighted by molar-refractivity contribution is -0.0370. The lowest BCUT2D eigenvalue weighted by Crippen LogP contribution is -2.60. The van der Waals surface area contributed by atoms with Crippen LogP contribution in [-0.2, 0) is 4.74 Å². The van der Waals surface area contributed by atoms with Crippen molar-refractivity contribution in [3.8, 4) is 5.75 Å². The molecule has 0 aliphatic carbocycles. The summed E-state index contributed by atoms with van der Waals surface area (Å²) in [6.07, 6.45) is 4.60. The molecule has 27 heavy (non-hydrogen) atoms. The molecule has 1 unspecified atom stereocenters. The molecule has 0 saturated carbocycles. The smallest absolute Gasteiger partial charge is 0.407 e. The first-order chi connectivity index (χ1) is 13.0. The highest BCUT2D eigenvalue weighted by Gasteiger charge is 2.44. The Balaban J connectivity index is 1.55. The Kier molecular flexibility index (Phi) is 4.86. The predicted molar refractivity (Wildman–Crippen MR) is 99.2 cm³/mol. The molecule has 8 nitrogen and oxygen atoms in total. The average Bonchev–Trinajstić information content (AvgIpc) is 3.05. The summed E-state index contributed by atoms with van der Waals surface area (Å²) in [5.41, 5.74) is 0.485. The Bertz CT molecular complexity index is 843. The van der Waals surface area contributed by atoms with Gasteiger partial charge in [0.05, 0.1) is 18.2 Å². The number of rotatable bonds is 5. The molecule has 2 fully saturated rings. The summed E-state index contributed by atoms with van der Waals surface area (Å²) in [4.78, 5) is 16.9. The number of ether oxygens (including phenoxy) is 2. The van der Waals surface area contributed by atoms with Crippen LogP contribution in [0.15, 0.2) is 12.3 Å². The van der Waals surface area contributed by atoms with E-state index in [9.17, 15) is 4.79 Å². The predicted octanol–water partition coefficient (Wildman–Crippen LogP) is 3.55. The van der Waals surface area contributed by atoms with Gasteiger partial charge in [-0.05, 0) is 25.7 Å². The van der Waals surface area contributed by atoms with E-state index in [1.54, 1.807) is 16.9 Å². The molecular weight excluding hydrogens is 372 g/mol. The molecule has 1 N–H and O–H groups in total. The number of nitrogens with zero attached hydrogens (tertiary/aromatic N) is 4. The van der Waals surface area contributed by atoms with Gasteiger partial charge in [-0.3, -0.25) is 0 Å². The molecule has 0 radical (unpaired) electrons. The summed E-state index contributed by atoms with van der Waals surface area (Å²) in [6, 6.07) is 1.69. The number of hydrogen-bond donors (Lipinski definition) is 1. The van der Waals surface area contributed by atoms with E-state index < -0.39 is 6.09 Å². The van der Waals surface area contributed by atoms with Gasteiger partial charge in [-0.1, -0.05) is 18.5 Å². The van der Waals surface area contributed by atoms with Crippen LogP contribution in [-0.4, -0.2) is 57.2 Å². The Labute approximate surface area is 162 Å². The van der Waals surface area contributed by atoms with Gasteiger partial charge in [-0.15, -0.1) is 0 Å². The van der Waals surface area contributed by atoms with Crippen LogP contribution in [0.1, 0.15) is 38.8 Å². The number of hydrogen-bond acceptors (Lipinski definition) is 5. The number of carbonyl (C=O) groups is 1. The van der Waals surface area contributed by atoms with E-state index in [-0.39, 0.29) is 11.6 Å². The van der Waals surface area contributed by atoms with E-state index in [4.69, 9.17) is 26.2 Å². The number of aromatic nitrogens is 3. The zero-order chi connectivity index (χ0) is 19.0. The fourth-order valence-corrected chi connectivity index (χ4v) is 3.93. The van der Waals surface area contributed by atoms with E-state index in [0.29, 0.717) is 36.2 Å². The molecule has 2 saturated heterocycles. The summed E-state index contributed by atoms with van der Waals surface area (Å²) in [7, 11) is 0. The van der Waals surface area contributed by atoms with Gasteiger partial charge in [-0.2, -0.15) is 5.10 Å². The lowest BCUT2D eigenvalue weighted by atomic mass is 9.78. The number of carboxylic acid groups (broad SMARTS) is 1. The standard InChI is InChI=1S/C18H23ClN4O4/c1-2-18(9-22(10-18)17(24)25)11-27-13-7-14(19)21-16-12(13)8-20-23(16)15-5-3-4-6-26-15/h7-8,15H,2-6,9-11H2,1H3,(H,24,25). The molecule has 2 aromatic heterocycles. The Morgan fingerprint density at radius 3 is 2.96 bits per heavy atom. The molecule has 0 bridgehead atoms. The fourth-order valence-electron chi connectivity index (χ4n) is 3.75. The van der Waals surface area contributed by atoms with Crippen molar-refractivity contribution in [2.45, 2.75) is 38.8 Å². The van der Waals surface area contributed by atoms with Crippen molar-refractivity contribution in [3.05, 3.63) is 17.4 Å². The van der Waals surface area contributed by atoms with Gasteiger partial charge in [0.1, 0.15) is 10.9 Å². The van der Waals surface area contributed by atoms with E-state index in [1.807, 2.05) is 0 Å². The van der Waals surface area contributed by atoms with Crippen LogP contribution in [0.4, 0.5) is 4.79 Å². The van der Waals surface area contributed by atoms with Gasteiger partial charge in [0.2, 0.25) is 0 Å². The minimum Gasteiger partial charge on any atom is -0.492 e. The second-order valence-corrected chi connectivity index (χ2v) is 7.76. The van der Waals surface area contributed by atoms with Crippen molar-refractivity contribution < 1.29 is 19.4 Å². The molecule has 1 atom stereocenters. The SMILES string of the molecule is CCC1(COc2cc(Cl)nc3c2cnn3C2CCCCO2)CN(C(=O)O)C1. The van der Waals surface area contributed by atoms with Gasteiger partial charge in [0.15, 0.2) is 11.9 Å². The van der Waals surface area contributed by atoms with Crippen LogP contribution < -0.4 is 4.74 Å². The Morgan fingerprint density at radius 1 is 1.48 bits per heavy atom. The highest BCUT2D eigenvalue weighted by Crippen LogP contribution is 2.37. The third-order valence-corrected chi connectivity index (χ3v) is 5.73. The normalized spacial score (nSPS) is 21.9. The molecule has 9 heteroatoms. The van der Waals surface area contributed by atoms with Crippen molar-refractivity contribution >= 4 is 28.7 Å². The van der Waals surface area contributed by atoms with Crippen molar-refractivity contribution in [2.24, 2.45) is 5.41 Å². The van der Waals surface area contributed by atoms with Crippen molar-refractivity contribution in [2.75, 3.05) is 26.3 Å². The van der Waals surface area contributed by atoms with E-state index in [0.717, 1.165) is 37.7 Å². The molecule has 0 aromatic carbocycles. The number of halogens is 1. The van der Waals surface area contributed by atoms with Crippen molar-refractivity contribution in [1.29, 1.82) is 0 Å². The Hall–Kier alpha value is -2.06. The molecule has 146 valence electrons. The van der Waals surface area contributed by atoms with Crippen molar-refractivity contribution in [3.63, 3.8) is 0 Å². The summed E-state index contributed by atoms with van der Waals surface area (Å²) in [5, 5.41) is 14.7. The second-order valence-electron chi connectivity index (χ2n) is 7.37. The first kappa shape index (κ1) is 18.3. The zero-order valence-corrected chi connectivity index (χ0v) is 16.0. The Morgan fingerprint density at radius 2 is 2.30 bits per heavy atom. The molecular formula is C18H23ClN4O4. The summed E-state index contributed by atoms with van der Waals surface area (Å²) < 4.78 is 13.7. The zero-order valence-electron chi connectivity index (χ0n) is 15.2. The minimum atomic E-state index is -0.887. The van der Waals surface area contributed by atoms with Gasteiger partial charge in [0.25, 0.3) is 0 Å². The number of pyridine rings is 1. The van der Waals surface area contributed by atoms with Crippen LogP contribution in [0, 0.1) is 5.41 Å². The summed E-state index contributed by atoms with van der Waals surface area (Å²) >= 11 is 6.23. The fraction of sp³-hybridized carbons (Fsp3) is 0.611. The lowest BCUT2D eigenvalue weighted by Gasteiger charge is -2.48. The van der Waals surface area contributed by atoms with Gasteiger partial charge in [0, 0.05) is 31.2 Å². The molecule has 1 amide bonds. The maximum Gasteiger partial charge on any atom is 0.407 e. The van der Waals surface area contributed by atoms with Crippen LogP contribution in [0.2, 0.25) is 5.15 Å². The quantitative estimate of drug-likeness (QED) is 0.780. The highest BCUT2D eigenvalue weighted by atomic mass is 35.5. The number of likely N-dealkylation sites (tertiary alicyclic amines) is 1. The molecule has 2 aliphatic rings. The highest BCUT2D eigenvalue weighted by molar-refractivity contribution is 6.30. The minimum absolute atomic E-state index is 0.132. The monoisotopic (exact) mass is 394 g/mol. The first-order valence-corrected chi connectivity index (χ1v) is 9.65. The van der Waals surface area contributed by atoms with Crippen molar-refractivity contribution in [1.82, 2.24) is 19.7 Å². The van der Waals surface area contributed by atoms with Gasteiger partial charge < -0.3 is 19.5 Å². The average molecular weight is 395 g/mol. The largest absolute Gasteiger partial charge is 0.492 e. The maximum absolute atomic E-state index is 11.1. The second kappa shape index (κ2) is 7.16. The summed E-state index contributed by atoms with van der Waals surface area (Å²) in [6.45, 7) is 4.16. The van der Waals surface area contributed by atoms with Crippen LogP contribution >= 0.6 is 11.6 Å². The first-order valence-electron chi connectivity index (χ1n) is 9.27. The van der Waals surface area contributed by atoms with E-state index in [1.165, 1.54) is 4.90 Å². The maximum atomic E-state index is 11.1. The van der Waals surface area contributed by atoms with Crippen LogP contribution in [0.5, 0.6) is 5.75 Å².